The Labute approximate surface area is 168 Å². The Kier molecular flexibility index (Phi) is 6.91. The zero-order valence-electron chi connectivity index (χ0n) is 15.8. The minimum atomic E-state index is -0.304. The van der Waals surface area contributed by atoms with Crippen molar-refractivity contribution in [2.75, 3.05) is 24.8 Å². The van der Waals surface area contributed by atoms with Gasteiger partial charge in [0.15, 0.2) is 11.0 Å². The summed E-state index contributed by atoms with van der Waals surface area (Å²) in [6, 6.07) is 17.6. The van der Waals surface area contributed by atoms with Crippen molar-refractivity contribution >= 4 is 23.4 Å². The molecule has 0 aliphatic rings. The van der Waals surface area contributed by atoms with Crippen LogP contribution in [0.1, 0.15) is 12.7 Å². The largest absolute Gasteiger partial charge is 0.494 e. The molecule has 146 valence electrons. The van der Waals surface area contributed by atoms with Gasteiger partial charge in [-0.1, -0.05) is 30.0 Å². The molecule has 3 rings (SSSR count). The van der Waals surface area contributed by atoms with Gasteiger partial charge in [-0.25, -0.2) is 0 Å². The SMILES string of the molecule is CCOc1ccc(NCc2nnc(SCC(=O)OC)n2-c2ccccc2)cc1. The summed E-state index contributed by atoms with van der Waals surface area (Å²) in [4.78, 5) is 11.5. The van der Waals surface area contributed by atoms with Gasteiger partial charge in [-0.2, -0.15) is 0 Å². The summed E-state index contributed by atoms with van der Waals surface area (Å²) in [6.45, 7) is 3.08. The van der Waals surface area contributed by atoms with Crippen LogP contribution >= 0.6 is 11.8 Å². The Morgan fingerprint density at radius 2 is 1.86 bits per heavy atom. The highest BCUT2D eigenvalue weighted by Crippen LogP contribution is 2.23. The van der Waals surface area contributed by atoms with Crippen molar-refractivity contribution in [1.29, 1.82) is 0 Å². The van der Waals surface area contributed by atoms with E-state index >= 15 is 0 Å². The van der Waals surface area contributed by atoms with Crippen LogP contribution in [0.15, 0.2) is 59.8 Å². The van der Waals surface area contributed by atoms with Gasteiger partial charge in [0.25, 0.3) is 0 Å². The first-order valence-corrected chi connectivity index (χ1v) is 9.86. The number of carbonyl (C=O) groups is 1. The van der Waals surface area contributed by atoms with Crippen LogP contribution in [0.5, 0.6) is 5.75 Å². The van der Waals surface area contributed by atoms with E-state index in [0.29, 0.717) is 18.3 Å². The molecule has 1 aromatic heterocycles. The fourth-order valence-electron chi connectivity index (χ4n) is 2.54. The molecule has 0 saturated heterocycles. The number of hydrogen-bond acceptors (Lipinski definition) is 7. The molecule has 7 nitrogen and oxygen atoms in total. The maximum Gasteiger partial charge on any atom is 0.316 e. The number of para-hydroxylation sites is 1. The summed E-state index contributed by atoms with van der Waals surface area (Å²) in [7, 11) is 1.37. The maximum absolute atomic E-state index is 11.5. The lowest BCUT2D eigenvalue weighted by Crippen LogP contribution is -2.09. The predicted octanol–water partition coefficient (Wildman–Crippen LogP) is 3.54. The Hall–Kier alpha value is -3.00. The van der Waals surface area contributed by atoms with Crippen molar-refractivity contribution in [1.82, 2.24) is 14.8 Å². The summed E-state index contributed by atoms with van der Waals surface area (Å²) in [5, 5.41) is 12.6. The smallest absolute Gasteiger partial charge is 0.316 e. The number of nitrogens with zero attached hydrogens (tertiary/aromatic N) is 3. The Morgan fingerprint density at radius 3 is 2.54 bits per heavy atom. The first kappa shape index (κ1) is 19.8. The van der Waals surface area contributed by atoms with E-state index in [4.69, 9.17) is 9.47 Å². The second kappa shape index (κ2) is 9.80. The number of aromatic nitrogens is 3. The third kappa shape index (κ3) is 5.04. The van der Waals surface area contributed by atoms with Gasteiger partial charge in [0.05, 0.1) is 26.0 Å². The second-order valence-electron chi connectivity index (χ2n) is 5.75. The molecule has 3 aromatic rings. The number of thioether (sulfide) groups is 1. The van der Waals surface area contributed by atoms with Gasteiger partial charge in [0.1, 0.15) is 5.75 Å². The van der Waals surface area contributed by atoms with Crippen molar-refractivity contribution in [2.24, 2.45) is 0 Å². The van der Waals surface area contributed by atoms with Crippen LogP contribution in [0.3, 0.4) is 0 Å². The molecular formula is C20H22N4O3S. The lowest BCUT2D eigenvalue weighted by atomic mass is 10.3. The molecule has 0 bridgehead atoms. The number of carbonyl (C=O) groups excluding carboxylic acids is 1. The van der Waals surface area contributed by atoms with Gasteiger partial charge in [0.2, 0.25) is 0 Å². The van der Waals surface area contributed by atoms with E-state index < -0.39 is 0 Å². The first-order valence-electron chi connectivity index (χ1n) is 8.87. The van der Waals surface area contributed by atoms with Gasteiger partial charge >= 0.3 is 5.97 Å². The first-order chi connectivity index (χ1) is 13.7. The number of esters is 1. The van der Waals surface area contributed by atoms with Crippen molar-refractivity contribution in [3.05, 3.63) is 60.4 Å². The van der Waals surface area contributed by atoms with E-state index in [1.165, 1.54) is 18.9 Å². The molecule has 0 amide bonds. The van der Waals surface area contributed by atoms with Crippen LogP contribution in [-0.4, -0.2) is 40.2 Å². The average molecular weight is 398 g/mol. The minimum Gasteiger partial charge on any atom is -0.494 e. The van der Waals surface area contributed by atoms with Gasteiger partial charge in [0, 0.05) is 11.4 Å². The van der Waals surface area contributed by atoms with Gasteiger partial charge in [-0.3, -0.25) is 9.36 Å². The van der Waals surface area contributed by atoms with Crippen LogP contribution in [0.25, 0.3) is 5.69 Å². The van der Waals surface area contributed by atoms with Crippen LogP contribution < -0.4 is 10.1 Å². The van der Waals surface area contributed by atoms with Gasteiger partial charge in [-0.15, -0.1) is 10.2 Å². The average Bonchev–Trinajstić information content (AvgIpc) is 3.15. The molecule has 0 saturated carbocycles. The van der Waals surface area contributed by atoms with E-state index in [2.05, 4.69) is 15.5 Å². The number of anilines is 1. The van der Waals surface area contributed by atoms with Crippen molar-refractivity contribution in [3.63, 3.8) is 0 Å². The Morgan fingerprint density at radius 1 is 1.11 bits per heavy atom. The summed E-state index contributed by atoms with van der Waals surface area (Å²) < 4.78 is 12.1. The molecular weight excluding hydrogens is 376 g/mol. The monoisotopic (exact) mass is 398 g/mol. The molecule has 1 heterocycles. The lowest BCUT2D eigenvalue weighted by Gasteiger charge is -2.11. The molecule has 0 spiro atoms. The number of rotatable bonds is 9. The van der Waals surface area contributed by atoms with E-state index in [0.717, 1.165) is 22.9 Å². The van der Waals surface area contributed by atoms with Gasteiger partial charge in [-0.05, 0) is 43.3 Å². The molecule has 0 unspecified atom stereocenters. The number of methoxy groups -OCH3 is 1. The lowest BCUT2D eigenvalue weighted by molar-refractivity contribution is -0.137. The summed E-state index contributed by atoms with van der Waals surface area (Å²) in [6.07, 6.45) is 0. The topological polar surface area (TPSA) is 78.3 Å². The molecule has 0 atom stereocenters. The summed E-state index contributed by atoms with van der Waals surface area (Å²) in [5.41, 5.74) is 1.89. The number of ether oxygens (including phenoxy) is 2. The Bertz CT molecular complexity index is 898. The molecule has 28 heavy (non-hydrogen) atoms. The van der Waals surface area contributed by atoms with Crippen molar-refractivity contribution in [3.8, 4) is 11.4 Å². The standard InChI is InChI=1S/C20H22N4O3S/c1-3-27-17-11-9-15(10-12-17)21-13-18-22-23-20(28-14-19(25)26-2)24(18)16-7-5-4-6-8-16/h4-12,21H,3,13-14H2,1-2H3. The Balaban J connectivity index is 1.78. The van der Waals surface area contributed by atoms with Crippen LogP contribution in [0, 0.1) is 0 Å². The zero-order chi connectivity index (χ0) is 19.8. The molecule has 8 heteroatoms. The summed E-state index contributed by atoms with van der Waals surface area (Å²) >= 11 is 1.29. The number of hydrogen-bond donors (Lipinski definition) is 1. The quantitative estimate of drug-likeness (QED) is 0.436. The highest BCUT2D eigenvalue weighted by molar-refractivity contribution is 7.99. The van der Waals surface area contributed by atoms with Crippen LogP contribution in [0.4, 0.5) is 5.69 Å². The normalized spacial score (nSPS) is 10.5. The molecule has 0 aliphatic carbocycles. The third-order valence-electron chi connectivity index (χ3n) is 3.88. The second-order valence-corrected chi connectivity index (χ2v) is 6.69. The van der Waals surface area contributed by atoms with Crippen molar-refractivity contribution in [2.45, 2.75) is 18.6 Å². The van der Waals surface area contributed by atoms with Crippen molar-refractivity contribution < 1.29 is 14.3 Å². The van der Waals surface area contributed by atoms with E-state index in [1.807, 2.05) is 66.1 Å². The maximum atomic E-state index is 11.5. The molecule has 0 fully saturated rings. The van der Waals surface area contributed by atoms with E-state index in [-0.39, 0.29) is 11.7 Å². The molecule has 1 N–H and O–H groups in total. The molecule has 2 aromatic carbocycles. The fourth-order valence-corrected chi connectivity index (χ4v) is 3.35. The summed E-state index contributed by atoms with van der Waals surface area (Å²) in [5.74, 6) is 1.45. The van der Waals surface area contributed by atoms with Crippen LogP contribution in [-0.2, 0) is 16.1 Å². The minimum absolute atomic E-state index is 0.174. The predicted molar refractivity (Wildman–Crippen MR) is 109 cm³/mol. The fraction of sp³-hybridized carbons (Fsp3) is 0.250. The van der Waals surface area contributed by atoms with E-state index in [1.54, 1.807) is 0 Å². The molecule has 0 radical (unpaired) electrons. The zero-order valence-corrected chi connectivity index (χ0v) is 16.6. The highest BCUT2D eigenvalue weighted by Gasteiger charge is 2.16. The van der Waals surface area contributed by atoms with Crippen LogP contribution in [0.2, 0.25) is 0 Å². The highest BCUT2D eigenvalue weighted by atomic mass is 32.2. The number of nitrogens with one attached hydrogen (secondary N) is 1. The van der Waals surface area contributed by atoms with E-state index in [9.17, 15) is 4.79 Å². The third-order valence-corrected chi connectivity index (χ3v) is 4.78. The van der Waals surface area contributed by atoms with Gasteiger partial charge < -0.3 is 14.8 Å². The molecule has 0 aliphatic heterocycles. The number of benzene rings is 2.